The Balaban J connectivity index is 2.52. The second-order valence-electron chi connectivity index (χ2n) is 2.99. The Morgan fingerprint density at radius 2 is 2.00 bits per heavy atom. The van der Waals surface area contributed by atoms with E-state index in [0.717, 1.165) is 6.42 Å². The van der Waals surface area contributed by atoms with Gasteiger partial charge in [0.2, 0.25) is 0 Å². The molecule has 0 aliphatic carbocycles. The molecule has 0 aromatic heterocycles. The molecule has 0 spiro atoms. The first-order valence-electron chi connectivity index (χ1n) is 4.13. The molecule has 0 fully saturated rings. The lowest BCUT2D eigenvalue weighted by molar-refractivity contribution is 0.725. The van der Waals surface area contributed by atoms with Crippen molar-refractivity contribution >= 4 is 22.6 Å². The fraction of sp³-hybridized carbons (Fsp3) is 0.273. The molecule has 1 rings (SSSR count). The molecule has 0 N–H and O–H groups in total. The molecule has 1 heteroatoms. The van der Waals surface area contributed by atoms with Crippen molar-refractivity contribution in [3.05, 3.63) is 46.1 Å². The van der Waals surface area contributed by atoms with E-state index in [1.165, 1.54) is 5.56 Å². The molecule has 1 atom stereocenters. The van der Waals surface area contributed by atoms with Gasteiger partial charge in [-0.05, 0) is 22.0 Å². The normalized spacial score (nSPS) is 13.5. The maximum absolute atomic E-state index is 2.26. The van der Waals surface area contributed by atoms with Crippen LogP contribution in [-0.4, -0.2) is 0 Å². The summed E-state index contributed by atoms with van der Waals surface area (Å²) in [7, 11) is 0. The van der Waals surface area contributed by atoms with Gasteiger partial charge in [-0.1, -0.05) is 65.9 Å². The van der Waals surface area contributed by atoms with Crippen molar-refractivity contribution in [1.82, 2.24) is 0 Å². The maximum atomic E-state index is 2.26. The van der Waals surface area contributed by atoms with E-state index >= 15 is 0 Å². The zero-order valence-corrected chi connectivity index (χ0v) is 9.36. The molecule has 0 nitrogen and oxygen atoms in total. The average molecular weight is 272 g/mol. The summed E-state index contributed by atoms with van der Waals surface area (Å²) in [5, 5.41) is 0. The lowest BCUT2D eigenvalue weighted by atomic mass is 10.0. The summed E-state index contributed by atoms with van der Waals surface area (Å²) in [5.41, 5.74) is 1.42. The third kappa shape index (κ3) is 3.39. The minimum absolute atomic E-state index is 0.643. The molecular formula is C11H13I. The summed E-state index contributed by atoms with van der Waals surface area (Å²) in [4.78, 5) is 0. The van der Waals surface area contributed by atoms with E-state index in [0.29, 0.717) is 5.92 Å². The van der Waals surface area contributed by atoms with Gasteiger partial charge >= 0.3 is 0 Å². The van der Waals surface area contributed by atoms with E-state index in [9.17, 15) is 0 Å². The van der Waals surface area contributed by atoms with E-state index in [1.54, 1.807) is 0 Å². The first-order valence-corrected chi connectivity index (χ1v) is 5.38. The Bertz CT molecular complexity index is 238. The standard InChI is InChI=1S/C11H13I/c1-10(7-8-12)9-11-5-3-2-4-6-11/h2-8,10H,9H2,1H3/b8-7+. The molecule has 0 saturated carbocycles. The molecule has 0 heterocycles. The molecule has 64 valence electrons. The highest BCUT2D eigenvalue weighted by atomic mass is 127. The van der Waals surface area contributed by atoms with Gasteiger partial charge in [0.25, 0.3) is 0 Å². The van der Waals surface area contributed by atoms with E-state index in [1.807, 2.05) is 0 Å². The molecule has 0 radical (unpaired) electrons. The van der Waals surface area contributed by atoms with Gasteiger partial charge in [0.15, 0.2) is 0 Å². The van der Waals surface area contributed by atoms with Crippen molar-refractivity contribution in [2.45, 2.75) is 13.3 Å². The minimum Gasteiger partial charge on any atom is -0.0753 e. The van der Waals surface area contributed by atoms with Gasteiger partial charge in [-0.2, -0.15) is 0 Å². The van der Waals surface area contributed by atoms with Crippen LogP contribution >= 0.6 is 22.6 Å². The lowest BCUT2D eigenvalue weighted by Gasteiger charge is -2.04. The summed E-state index contributed by atoms with van der Waals surface area (Å²) in [6.07, 6.45) is 3.37. The third-order valence-corrected chi connectivity index (χ3v) is 2.22. The topological polar surface area (TPSA) is 0 Å². The Morgan fingerprint density at radius 1 is 1.33 bits per heavy atom. The largest absolute Gasteiger partial charge is 0.0753 e. The second-order valence-corrected chi connectivity index (χ2v) is 3.70. The lowest BCUT2D eigenvalue weighted by Crippen LogP contribution is -1.94. The van der Waals surface area contributed by atoms with Gasteiger partial charge in [-0.3, -0.25) is 0 Å². The molecule has 0 aliphatic heterocycles. The van der Waals surface area contributed by atoms with Crippen LogP contribution in [0.3, 0.4) is 0 Å². The van der Waals surface area contributed by atoms with Crippen LogP contribution in [0.4, 0.5) is 0 Å². The molecule has 0 aliphatic rings. The van der Waals surface area contributed by atoms with Crippen LogP contribution in [0.5, 0.6) is 0 Å². The zero-order valence-electron chi connectivity index (χ0n) is 7.20. The van der Waals surface area contributed by atoms with Crippen LogP contribution < -0.4 is 0 Å². The monoisotopic (exact) mass is 272 g/mol. The summed E-state index contributed by atoms with van der Waals surface area (Å²) in [6, 6.07) is 10.6. The smallest absolute Gasteiger partial charge is 0.0214 e. The predicted molar refractivity (Wildman–Crippen MR) is 62.5 cm³/mol. The quantitative estimate of drug-likeness (QED) is 0.734. The first kappa shape index (κ1) is 9.78. The van der Waals surface area contributed by atoms with Gasteiger partial charge in [0, 0.05) is 0 Å². The van der Waals surface area contributed by atoms with Crippen LogP contribution in [0.25, 0.3) is 0 Å². The molecule has 12 heavy (non-hydrogen) atoms. The minimum atomic E-state index is 0.643. The Kier molecular flexibility index (Phi) is 4.36. The molecule has 0 amide bonds. The van der Waals surface area contributed by atoms with Crippen LogP contribution in [-0.2, 0) is 6.42 Å². The maximum Gasteiger partial charge on any atom is -0.0214 e. The highest BCUT2D eigenvalue weighted by Gasteiger charge is 1.97. The highest BCUT2D eigenvalue weighted by molar-refractivity contribution is 14.1. The van der Waals surface area contributed by atoms with Gasteiger partial charge in [0.05, 0.1) is 0 Å². The van der Waals surface area contributed by atoms with E-state index in [2.05, 4.69) is 70.0 Å². The molecule has 1 aromatic rings. The predicted octanol–water partition coefficient (Wildman–Crippen LogP) is 3.81. The molecular weight excluding hydrogens is 259 g/mol. The van der Waals surface area contributed by atoms with Gasteiger partial charge in [-0.25, -0.2) is 0 Å². The fourth-order valence-electron chi connectivity index (χ4n) is 1.18. The van der Waals surface area contributed by atoms with Crippen molar-refractivity contribution in [2.75, 3.05) is 0 Å². The zero-order chi connectivity index (χ0) is 8.81. The van der Waals surface area contributed by atoms with Crippen molar-refractivity contribution in [1.29, 1.82) is 0 Å². The Morgan fingerprint density at radius 3 is 2.58 bits per heavy atom. The van der Waals surface area contributed by atoms with Gasteiger partial charge < -0.3 is 0 Å². The van der Waals surface area contributed by atoms with Crippen molar-refractivity contribution in [2.24, 2.45) is 5.92 Å². The van der Waals surface area contributed by atoms with Gasteiger partial charge in [0.1, 0.15) is 0 Å². The van der Waals surface area contributed by atoms with Gasteiger partial charge in [-0.15, -0.1) is 0 Å². The number of hydrogen-bond acceptors (Lipinski definition) is 0. The molecule has 1 unspecified atom stereocenters. The number of benzene rings is 1. The SMILES string of the molecule is CC(/C=C/I)Cc1ccccc1. The number of rotatable bonds is 3. The van der Waals surface area contributed by atoms with Crippen LogP contribution in [0, 0.1) is 5.92 Å². The van der Waals surface area contributed by atoms with Crippen molar-refractivity contribution in [3.8, 4) is 0 Å². The molecule has 0 saturated heterocycles. The van der Waals surface area contributed by atoms with Crippen LogP contribution in [0.15, 0.2) is 40.5 Å². The van der Waals surface area contributed by atoms with Crippen LogP contribution in [0.2, 0.25) is 0 Å². The van der Waals surface area contributed by atoms with E-state index < -0.39 is 0 Å². The van der Waals surface area contributed by atoms with E-state index in [4.69, 9.17) is 0 Å². The van der Waals surface area contributed by atoms with Crippen molar-refractivity contribution < 1.29 is 0 Å². The first-order chi connectivity index (χ1) is 5.83. The van der Waals surface area contributed by atoms with Crippen molar-refractivity contribution in [3.63, 3.8) is 0 Å². The molecule has 1 aromatic carbocycles. The van der Waals surface area contributed by atoms with Crippen LogP contribution in [0.1, 0.15) is 12.5 Å². The number of hydrogen-bond donors (Lipinski definition) is 0. The Labute approximate surface area is 87.8 Å². The summed E-state index contributed by atoms with van der Waals surface area (Å²) in [5.74, 6) is 0.643. The summed E-state index contributed by atoms with van der Waals surface area (Å²) in [6.45, 7) is 2.24. The number of allylic oxidation sites excluding steroid dienone is 1. The fourth-order valence-corrected chi connectivity index (χ4v) is 1.89. The highest BCUT2D eigenvalue weighted by Crippen LogP contribution is 2.09. The van der Waals surface area contributed by atoms with E-state index in [-0.39, 0.29) is 0 Å². The summed E-state index contributed by atoms with van der Waals surface area (Å²) < 4.78 is 2.09. The third-order valence-electron chi connectivity index (χ3n) is 1.80. The second kappa shape index (κ2) is 5.36. The Hall–Kier alpha value is -0.310. The summed E-state index contributed by atoms with van der Waals surface area (Å²) >= 11 is 2.26. The molecule has 0 bridgehead atoms. The average Bonchev–Trinajstić information content (AvgIpc) is 2.06. The number of halogens is 1.